The topological polar surface area (TPSA) is 82.4 Å². The number of amides is 2. The summed E-state index contributed by atoms with van der Waals surface area (Å²) in [6, 6.07) is 8.42. The first-order chi connectivity index (χ1) is 10.1. The zero-order valence-corrected chi connectivity index (χ0v) is 11.8. The molecule has 110 valence electrons. The normalized spacial score (nSPS) is 17.7. The second-order valence-corrected chi connectivity index (χ2v) is 4.93. The third-order valence-electron chi connectivity index (χ3n) is 3.51. The van der Waals surface area contributed by atoms with Gasteiger partial charge in [-0.05, 0) is 37.1 Å². The van der Waals surface area contributed by atoms with Crippen LogP contribution in [0.2, 0.25) is 0 Å². The van der Waals surface area contributed by atoms with Gasteiger partial charge in [0, 0.05) is 18.8 Å². The van der Waals surface area contributed by atoms with Crippen LogP contribution in [0.15, 0.2) is 24.3 Å². The molecule has 1 saturated heterocycles. The van der Waals surface area contributed by atoms with E-state index in [0.717, 1.165) is 12.8 Å². The van der Waals surface area contributed by atoms with E-state index in [1.165, 1.54) is 7.11 Å². The van der Waals surface area contributed by atoms with E-state index in [-0.39, 0.29) is 17.9 Å². The number of carbonyl (C=O) groups excluding carboxylic acids is 2. The number of benzene rings is 1. The highest BCUT2D eigenvalue weighted by Gasteiger charge is 2.28. The monoisotopic (exact) mass is 287 g/mol. The zero-order valence-electron chi connectivity index (χ0n) is 11.8. The second kappa shape index (κ2) is 6.75. The molecular formula is C15H17N3O3. The van der Waals surface area contributed by atoms with Gasteiger partial charge >= 0.3 is 12.0 Å². The Morgan fingerprint density at radius 3 is 2.71 bits per heavy atom. The van der Waals surface area contributed by atoms with E-state index in [1.54, 1.807) is 29.2 Å². The van der Waals surface area contributed by atoms with Gasteiger partial charge in [0.05, 0.1) is 24.7 Å². The van der Waals surface area contributed by atoms with Crippen LogP contribution in [0.5, 0.6) is 0 Å². The minimum Gasteiger partial charge on any atom is -0.469 e. The standard InChI is InChI=1S/C15H17N3O3/c1-21-14(19)12-3-2-8-18(10-12)15(20)17-13-6-4-11(9-16)5-7-13/h4-7,12H,2-3,8,10H2,1H3,(H,17,20). The van der Waals surface area contributed by atoms with Gasteiger partial charge in [-0.3, -0.25) is 4.79 Å². The number of hydrogen-bond acceptors (Lipinski definition) is 4. The Bertz CT molecular complexity index is 563. The number of carbonyl (C=O) groups is 2. The van der Waals surface area contributed by atoms with Gasteiger partial charge in [-0.1, -0.05) is 0 Å². The smallest absolute Gasteiger partial charge is 0.321 e. The maximum absolute atomic E-state index is 12.2. The quantitative estimate of drug-likeness (QED) is 0.843. The number of methoxy groups -OCH3 is 1. The summed E-state index contributed by atoms with van der Waals surface area (Å²) in [5.41, 5.74) is 1.16. The molecule has 0 bridgehead atoms. The van der Waals surface area contributed by atoms with Gasteiger partial charge in [0.1, 0.15) is 0 Å². The first kappa shape index (κ1) is 14.9. The highest BCUT2D eigenvalue weighted by atomic mass is 16.5. The van der Waals surface area contributed by atoms with E-state index in [2.05, 4.69) is 5.32 Å². The summed E-state index contributed by atoms with van der Waals surface area (Å²) in [7, 11) is 1.36. The van der Waals surface area contributed by atoms with Crippen LogP contribution in [0, 0.1) is 17.2 Å². The number of anilines is 1. The number of nitriles is 1. The number of nitrogens with zero attached hydrogens (tertiary/aromatic N) is 2. The first-order valence-corrected chi connectivity index (χ1v) is 6.78. The zero-order chi connectivity index (χ0) is 15.2. The molecule has 0 aromatic heterocycles. The number of rotatable bonds is 2. The van der Waals surface area contributed by atoms with Crippen LogP contribution in [0.1, 0.15) is 18.4 Å². The molecule has 0 saturated carbocycles. The lowest BCUT2D eigenvalue weighted by Crippen LogP contribution is -2.44. The second-order valence-electron chi connectivity index (χ2n) is 4.93. The van der Waals surface area contributed by atoms with Crippen molar-refractivity contribution in [3.05, 3.63) is 29.8 Å². The number of esters is 1. The third kappa shape index (κ3) is 3.72. The van der Waals surface area contributed by atoms with Gasteiger partial charge in [-0.2, -0.15) is 5.26 Å². The average Bonchev–Trinajstić information content (AvgIpc) is 2.55. The summed E-state index contributed by atoms with van der Waals surface area (Å²) >= 11 is 0. The van der Waals surface area contributed by atoms with Crippen LogP contribution in [0.4, 0.5) is 10.5 Å². The summed E-state index contributed by atoms with van der Waals surface area (Å²) in [6.45, 7) is 0.990. The molecule has 1 aliphatic rings. The fourth-order valence-electron chi connectivity index (χ4n) is 2.35. The van der Waals surface area contributed by atoms with Crippen LogP contribution < -0.4 is 5.32 Å². The predicted molar refractivity (Wildman–Crippen MR) is 76.5 cm³/mol. The molecule has 1 heterocycles. The fourth-order valence-corrected chi connectivity index (χ4v) is 2.35. The van der Waals surface area contributed by atoms with E-state index in [4.69, 9.17) is 10.00 Å². The van der Waals surface area contributed by atoms with E-state index in [0.29, 0.717) is 24.3 Å². The van der Waals surface area contributed by atoms with Crippen LogP contribution in [0.25, 0.3) is 0 Å². The summed E-state index contributed by atoms with van der Waals surface area (Å²) < 4.78 is 4.73. The van der Waals surface area contributed by atoms with Crippen LogP contribution >= 0.6 is 0 Å². The van der Waals surface area contributed by atoms with Crippen molar-refractivity contribution in [2.75, 3.05) is 25.5 Å². The van der Waals surface area contributed by atoms with Crippen molar-refractivity contribution in [2.45, 2.75) is 12.8 Å². The highest BCUT2D eigenvalue weighted by molar-refractivity contribution is 5.89. The summed E-state index contributed by atoms with van der Waals surface area (Å²) in [5, 5.41) is 11.5. The number of urea groups is 1. The molecule has 0 spiro atoms. The minimum absolute atomic E-state index is 0.242. The van der Waals surface area contributed by atoms with Gasteiger partial charge < -0.3 is 15.0 Å². The molecular weight excluding hydrogens is 270 g/mol. The number of likely N-dealkylation sites (tertiary alicyclic amines) is 1. The SMILES string of the molecule is COC(=O)C1CCCN(C(=O)Nc2ccc(C#N)cc2)C1. The van der Waals surface area contributed by atoms with E-state index in [1.807, 2.05) is 6.07 Å². The van der Waals surface area contributed by atoms with Crippen molar-refractivity contribution in [1.82, 2.24) is 4.90 Å². The molecule has 1 atom stereocenters. The number of hydrogen-bond donors (Lipinski definition) is 1. The Hall–Kier alpha value is -2.55. The van der Waals surface area contributed by atoms with Gasteiger partial charge in [-0.25, -0.2) is 4.79 Å². The fraction of sp³-hybridized carbons (Fsp3) is 0.400. The van der Waals surface area contributed by atoms with Crippen molar-refractivity contribution in [3.63, 3.8) is 0 Å². The molecule has 1 aromatic carbocycles. The molecule has 21 heavy (non-hydrogen) atoms. The van der Waals surface area contributed by atoms with Crippen LogP contribution in [0.3, 0.4) is 0 Å². The van der Waals surface area contributed by atoms with Crippen molar-refractivity contribution < 1.29 is 14.3 Å². The molecule has 1 aromatic rings. The highest BCUT2D eigenvalue weighted by Crippen LogP contribution is 2.19. The summed E-state index contributed by atoms with van der Waals surface area (Å²) in [5.74, 6) is -0.527. The van der Waals surface area contributed by atoms with Crippen LogP contribution in [-0.4, -0.2) is 37.1 Å². The molecule has 6 nitrogen and oxygen atoms in total. The van der Waals surface area contributed by atoms with E-state index < -0.39 is 0 Å². The molecule has 1 N–H and O–H groups in total. The molecule has 1 fully saturated rings. The van der Waals surface area contributed by atoms with Gasteiger partial charge in [0.25, 0.3) is 0 Å². The Balaban J connectivity index is 1.96. The van der Waals surface area contributed by atoms with Gasteiger partial charge in [-0.15, -0.1) is 0 Å². The maximum atomic E-state index is 12.2. The van der Waals surface area contributed by atoms with E-state index >= 15 is 0 Å². The van der Waals surface area contributed by atoms with Crippen LogP contribution in [-0.2, 0) is 9.53 Å². The summed E-state index contributed by atoms with van der Waals surface area (Å²) in [6.07, 6.45) is 1.52. The van der Waals surface area contributed by atoms with Gasteiger partial charge in [0.15, 0.2) is 0 Å². The minimum atomic E-state index is -0.272. The van der Waals surface area contributed by atoms with Crippen molar-refractivity contribution in [3.8, 4) is 6.07 Å². The lowest BCUT2D eigenvalue weighted by molar-refractivity contribution is -0.146. The third-order valence-corrected chi connectivity index (χ3v) is 3.51. The number of ether oxygens (including phenoxy) is 1. The van der Waals surface area contributed by atoms with Crippen molar-refractivity contribution >= 4 is 17.7 Å². The Kier molecular flexibility index (Phi) is 4.77. The average molecular weight is 287 g/mol. The maximum Gasteiger partial charge on any atom is 0.321 e. The molecule has 6 heteroatoms. The predicted octanol–water partition coefficient (Wildman–Crippen LogP) is 1.98. The lowest BCUT2D eigenvalue weighted by Gasteiger charge is -2.31. The first-order valence-electron chi connectivity index (χ1n) is 6.78. The molecule has 1 aliphatic heterocycles. The van der Waals surface area contributed by atoms with Crippen molar-refractivity contribution in [2.24, 2.45) is 5.92 Å². The molecule has 2 amide bonds. The number of nitrogens with one attached hydrogen (secondary N) is 1. The lowest BCUT2D eigenvalue weighted by atomic mass is 9.98. The molecule has 2 rings (SSSR count). The Morgan fingerprint density at radius 1 is 1.38 bits per heavy atom. The largest absolute Gasteiger partial charge is 0.469 e. The Morgan fingerprint density at radius 2 is 2.10 bits per heavy atom. The van der Waals surface area contributed by atoms with Crippen molar-refractivity contribution in [1.29, 1.82) is 5.26 Å². The molecule has 1 unspecified atom stereocenters. The Labute approximate surface area is 123 Å². The molecule has 0 radical (unpaired) electrons. The summed E-state index contributed by atoms with van der Waals surface area (Å²) in [4.78, 5) is 25.3. The van der Waals surface area contributed by atoms with E-state index in [9.17, 15) is 9.59 Å². The number of piperidine rings is 1. The van der Waals surface area contributed by atoms with Gasteiger partial charge in [0.2, 0.25) is 0 Å². The molecule has 0 aliphatic carbocycles.